The van der Waals surface area contributed by atoms with Crippen LogP contribution in [0.25, 0.3) is 0 Å². The SMILES string of the molecule is CC(C)CN(CCC#N)C(=O)C1(C(=O)O)CCC1. The zero-order valence-corrected chi connectivity index (χ0v) is 11.0. The summed E-state index contributed by atoms with van der Waals surface area (Å²) in [4.78, 5) is 25.2. The number of hydrogen-bond donors (Lipinski definition) is 1. The first-order valence-electron chi connectivity index (χ1n) is 6.34. The molecule has 5 heteroatoms. The average molecular weight is 252 g/mol. The Bertz CT molecular complexity index is 367. The number of hydrogen-bond acceptors (Lipinski definition) is 3. The molecule has 5 nitrogen and oxygen atoms in total. The molecule has 1 fully saturated rings. The maximum absolute atomic E-state index is 12.4. The minimum absolute atomic E-state index is 0.244. The summed E-state index contributed by atoms with van der Waals surface area (Å²) in [6, 6.07) is 2.00. The third kappa shape index (κ3) is 2.81. The maximum atomic E-state index is 12.4. The molecule has 1 N–H and O–H groups in total. The van der Waals surface area contributed by atoms with Crippen LogP contribution in [0.4, 0.5) is 0 Å². The molecule has 18 heavy (non-hydrogen) atoms. The van der Waals surface area contributed by atoms with Crippen LogP contribution >= 0.6 is 0 Å². The molecule has 0 heterocycles. The number of carboxylic acids is 1. The van der Waals surface area contributed by atoms with Crippen LogP contribution in [0.2, 0.25) is 0 Å². The van der Waals surface area contributed by atoms with Crippen molar-refractivity contribution < 1.29 is 14.7 Å². The predicted octanol–water partition coefficient (Wildman–Crippen LogP) is 1.64. The predicted molar refractivity (Wildman–Crippen MR) is 65.6 cm³/mol. The molecule has 0 saturated heterocycles. The van der Waals surface area contributed by atoms with Crippen LogP contribution in [-0.2, 0) is 9.59 Å². The monoisotopic (exact) mass is 252 g/mol. The van der Waals surface area contributed by atoms with Crippen LogP contribution in [0.1, 0.15) is 39.5 Å². The zero-order valence-electron chi connectivity index (χ0n) is 11.0. The van der Waals surface area contributed by atoms with Gasteiger partial charge < -0.3 is 10.0 Å². The van der Waals surface area contributed by atoms with Crippen molar-refractivity contribution in [3.8, 4) is 6.07 Å². The minimum atomic E-state index is -1.22. The van der Waals surface area contributed by atoms with E-state index in [1.165, 1.54) is 0 Å². The third-order valence-corrected chi connectivity index (χ3v) is 3.39. The van der Waals surface area contributed by atoms with Gasteiger partial charge in [-0.05, 0) is 18.8 Å². The van der Waals surface area contributed by atoms with Gasteiger partial charge in [-0.15, -0.1) is 0 Å². The lowest BCUT2D eigenvalue weighted by Gasteiger charge is -2.40. The van der Waals surface area contributed by atoms with Crippen LogP contribution < -0.4 is 0 Å². The highest BCUT2D eigenvalue weighted by Crippen LogP contribution is 2.43. The number of amides is 1. The van der Waals surface area contributed by atoms with Crippen molar-refractivity contribution in [1.82, 2.24) is 4.90 Å². The van der Waals surface area contributed by atoms with Crippen molar-refractivity contribution in [2.24, 2.45) is 11.3 Å². The van der Waals surface area contributed by atoms with Crippen molar-refractivity contribution >= 4 is 11.9 Å². The van der Waals surface area contributed by atoms with Crippen molar-refractivity contribution in [3.05, 3.63) is 0 Å². The molecule has 0 radical (unpaired) electrons. The Morgan fingerprint density at radius 2 is 2.06 bits per heavy atom. The molecule has 0 atom stereocenters. The Morgan fingerprint density at radius 1 is 1.44 bits per heavy atom. The zero-order chi connectivity index (χ0) is 13.8. The highest BCUT2D eigenvalue weighted by Gasteiger charge is 2.52. The second kappa shape index (κ2) is 5.85. The summed E-state index contributed by atoms with van der Waals surface area (Å²) < 4.78 is 0. The van der Waals surface area contributed by atoms with Crippen LogP contribution in [0, 0.1) is 22.7 Å². The summed E-state index contributed by atoms with van der Waals surface area (Å²) in [6.45, 7) is 4.78. The lowest BCUT2D eigenvalue weighted by molar-refractivity contribution is -0.167. The summed E-state index contributed by atoms with van der Waals surface area (Å²) in [5.41, 5.74) is -1.22. The number of carboxylic acid groups (broad SMARTS) is 1. The number of carbonyl (C=O) groups excluding carboxylic acids is 1. The molecule has 0 bridgehead atoms. The fraction of sp³-hybridized carbons (Fsp3) is 0.769. The Kier molecular flexibility index (Phi) is 4.71. The van der Waals surface area contributed by atoms with Gasteiger partial charge >= 0.3 is 5.97 Å². The van der Waals surface area contributed by atoms with E-state index in [4.69, 9.17) is 5.26 Å². The average Bonchev–Trinajstić information content (AvgIpc) is 2.21. The van der Waals surface area contributed by atoms with E-state index < -0.39 is 11.4 Å². The molecular weight excluding hydrogens is 232 g/mol. The Balaban J connectivity index is 2.80. The number of aliphatic carboxylic acids is 1. The van der Waals surface area contributed by atoms with E-state index in [9.17, 15) is 14.7 Å². The first-order valence-corrected chi connectivity index (χ1v) is 6.34. The molecule has 0 aromatic heterocycles. The molecule has 100 valence electrons. The number of carbonyl (C=O) groups is 2. The molecule has 1 rings (SSSR count). The largest absolute Gasteiger partial charge is 0.480 e. The first kappa shape index (κ1) is 14.5. The van der Waals surface area contributed by atoms with E-state index in [1.807, 2.05) is 19.9 Å². The van der Waals surface area contributed by atoms with E-state index >= 15 is 0 Å². The fourth-order valence-electron chi connectivity index (χ4n) is 2.25. The van der Waals surface area contributed by atoms with Crippen LogP contribution in [0.3, 0.4) is 0 Å². The second-order valence-electron chi connectivity index (χ2n) is 5.29. The quantitative estimate of drug-likeness (QED) is 0.728. The lowest BCUT2D eigenvalue weighted by Crippen LogP contribution is -2.53. The summed E-state index contributed by atoms with van der Waals surface area (Å²) >= 11 is 0. The van der Waals surface area contributed by atoms with Crippen molar-refractivity contribution in [2.75, 3.05) is 13.1 Å². The van der Waals surface area contributed by atoms with Gasteiger partial charge in [0.15, 0.2) is 0 Å². The highest BCUT2D eigenvalue weighted by molar-refractivity contribution is 6.02. The summed E-state index contributed by atoms with van der Waals surface area (Å²) in [7, 11) is 0. The first-order chi connectivity index (χ1) is 8.44. The normalized spacial score (nSPS) is 16.8. The number of nitrogens with zero attached hydrogens (tertiary/aromatic N) is 2. The van der Waals surface area contributed by atoms with Gasteiger partial charge in [0, 0.05) is 13.1 Å². The molecule has 0 unspecified atom stereocenters. The van der Waals surface area contributed by atoms with Gasteiger partial charge in [0.2, 0.25) is 5.91 Å². The molecule has 0 aromatic carbocycles. The molecule has 1 amide bonds. The molecule has 1 saturated carbocycles. The van der Waals surface area contributed by atoms with Crippen molar-refractivity contribution in [1.29, 1.82) is 5.26 Å². The van der Waals surface area contributed by atoms with Gasteiger partial charge in [0.1, 0.15) is 5.41 Å². The van der Waals surface area contributed by atoms with Gasteiger partial charge in [0.25, 0.3) is 0 Å². The third-order valence-electron chi connectivity index (χ3n) is 3.39. The second-order valence-corrected chi connectivity index (χ2v) is 5.29. The number of nitriles is 1. The lowest BCUT2D eigenvalue weighted by atomic mass is 9.67. The maximum Gasteiger partial charge on any atom is 0.319 e. The molecule has 0 aromatic rings. The highest BCUT2D eigenvalue weighted by atomic mass is 16.4. The van der Waals surface area contributed by atoms with Crippen LogP contribution in [-0.4, -0.2) is 35.0 Å². The minimum Gasteiger partial charge on any atom is -0.480 e. The van der Waals surface area contributed by atoms with Gasteiger partial charge in [0.05, 0.1) is 12.5 Å². The Morgan fingerprint density at radius 3 is 2.39 bits per heavy atom. The van der Waals surface area contributed by atoms with Crippen LogP contribution in [0.15, 0.2) is 0 Å². The van der Waals surface area contributed by atoms with Crippen molar-refractivity contribution in [2.45, 2.75) is 39.5 Å². The molecular formula is C13H20N2O3. The molecule has 1 aliphatic rings. The van der Waals surface area contributed by atoms with E-state index in [1.54, 1.807) is 4.90 Å². The Labute approximate surface area is 107 Å². The number of rotatable bonds is 6. The Hall–Kier alpha value is -1.57. The van der Waals surface area contributed by atoms with Gasteiger partial charge in [-0.25, -0.2) is 0 Å². The summed E-state index contributed by atoms with van der Waals surface area (Å²) in [5.74, 6) is -1.08. The van der Waals surface area contributed by atoms with Gasteiger partial charge in [-0.2, -0.15) is 5.26 Å². The fourth-order valence-corrected chi connectivity index (χ4v) is 2.25. The van der Waals surface area contributed by atoms with Gasteiger partial charge in [-0.3, -0.25) is 9.59 Å². The van der Waals surface area contributed by atoms with Crippen LogP contribution in [0.5, 0.6) is 0 Å². The smallest absolute Gasteiger partial charge is 0.319 e. The summed E-state index contributed by atoms with van der Waals surface area (Å²) in [6.07, 6.45) is 1.87. The van der Waals surface area contributed by atoms with E-state index in [2.05, 4.69) is 0 Å². The van der Waals surface area contributed by atoms with E-state index in [0.29, 0.717) is 25.9 Å². The molecule has 1 aliphatic carbocycles. The standard InChI is InChI=1S/C13H20N2O3/c1-10(2)9-15(8-4-7-14)11(16)13(12(17)18)5-3-6-13/h10H,3-6,8-9H2,1-2H3,(H,17,18). The molecule has 0 aliphatic heterocycles. The van der Waals surface area contributed by atoms with Gasteiger partial charge in [-0.1, -0.05) is 20.3 Å². The summed E-state index contributed by atoms with van der Waals surface area (Å²) in [5, 5.41) is 17.9. The van der Waals surface area contributed by atoms with E-state index in [-0.39, 0.29) is 18.2 Å². The van der Waals surface area contributed by atoms with E-state index in [0.717, 1.165) is 6.42 Å². The molecule has 0 spiro atoms. The van der Waals surface area contributed by atoms with Crippen molar-refractivity contribution in [3.63, 3.8) is 0 Å². The topological polar surface area (TPSA) is 81.4 Å².